The fourth-order valence-electron chi connectivity index (χ4n) is 10.8. The third kappa shape index (κ3) is 26.4. The minimum Gasteiger partial charge on any atom is -0.464 e. The van der Waals surface area contributed by atoms with Crippen molar-refractivity contribution in [3.63, 3.8) is 0 Å². The fourth-order valence-corrected chi connectivity index (χ4v) is 12.7. The highest BCUT2D eigenvalue weighted by Crippen LogP contribution is 2.32. The molecule has 6 rings (SSSR count). The van der Waals surface area contributed by atoms with Gasteiger partial charge in [-0.1, -0.05) is 29.2 Å². The summed E-state index contributed by atoms with van der Waals surface area (Å²) in [6, 6.07) is 2.90. The SMILES string of the molecule is CCOC(=O)[C@H](CCCCNC(=O)CCSSc1ccccn1)NC(=O)O[C@@H]1C(O)[C@@H](OC)OC(CO[C@@H]2OC(CO[C@H]3OC(CO[C@@H]4OC(COC)[C@@H](O)[C@H](O)C4O)[C@@H](O)[C@H](OC(=O)N[C@@H](CCCCNC(=O)COC4C#CCCCCC4)C(=O)OCC)C3O)[C@@H](O)[C@H](O)C2O)[C@H]1O. The number of hydrogen-bond donors (Lipinski definition) is 14. The van der Waals surface area contributed by atoms with E-state index in [1.807, 2.05) is 12.1 Å². The number of nitrogens with one attached hydrogen (secondary N) is 4. The summed E-state index contributed by atoms with van der Waals surface area (Å²) >= 11 is 0. The lowest BCUT2D eigenvalue weighted by Crippen LogP contribution is -2.64. The van der Waals surface area contributed by atoms with E-state index in [0.717, 1.165) is 37.8 Å². The highest BCUT2D eigenvalue weighted by molar-refractivity contribution is 8.76. The number of aliphatic hydroxyl groups excluding tert-OH is 10. The molecule has 4 saturated heterocycles. The molecule has 5 aliphatic rings. The second kappa shape index (κ2) is 43.9. The summed E-state index contributed by atoms with van der Waals surface area (Å²) < 4.78 is 77.7. The molecule has 37 heteroatoms. The van der Waals surface area contributed by atoms with Crippen molar-refractivity contribution < 1.29 is 146 Å². The van der Waals surface area contributed by atoms with Gasteiger partial charge in [0.25, 0.3) is 0 Å². The smallest absolute Gasteiger partial charge is 0.408 e. The Labute approximate surface area is 580 Å². The maximum absolute atomic E-state index is 13.7. The Hall–Kier alpha value is -4.97. The summed E-state index contributed by atoms with van der Waals surface area (Å²) in [5, 5.41) is 122. The number of esters is 2. The number of carbonyl (C=O) groups excluding carboxylic acids is 6. The van der Waals surface area contributed by atoms with Gasteiger partial charge >= 0.3 is 24.1 Å². The molecule has 9 unspecified atom stereocenters. The molecule has 0 bridgehead atoms. The Morgan fingerprint density at radius 2 is 1.07 bits per heavy atom. The van der Waals surface area contributed by atoms with Crippen LogP contribution in [0.2, 0.25) is 0 Å². The van der Waals surface area contributed by atoms with E-state index in [0.29, 0.717) is 31.4 Å². The Bertz CT molecular complexity index is 2660. The van der Waals surface area contributed by atoms with Crippen molar-refractivity contribution >= 4 is 57.5 Å². The average molecular weight is 1460 g/mol. The third-order valence-corrected chi connectivity index (χ3v) is 18.6. The number of aliphatic hydroxyl groups is 10. The van der Waals surface area contributed by atoms with Gasteiger partial charge in [-0.25, -0.2) is 24.2 Å². The lowest BCUT2D eigenvalue weighted by atomic mass is 9.97. The number of pyridine rings is 1. The van der Waals surface area contributed by atoms with Gasteiger partial charge in [0.15, 0.2) is 37.4 Å². The average Bonchev–Trinajstić information content (AvgIpc) is 0.806. The number of methoxy groups -OCH3 is 2. The van der Waals surface area contributed by atoms with E-state index in [2.05, 4.69) is 38.1 Å². The Kier molecular flexibility index (Phi) is 36.8. The molecule has 0 radical (unpaired) electrons. The number of ether oxygens (including phenoxy) is 14. The normalized spacial score (nSPS) is 32.2. The monoisotopic (exact) mass is 1460 g/mol. The number of rotatable bonds is 38. The first-order chi connectivity index (χ1) is 47.6. The molecular formula is C62H97N5O30S2. The van der Waals surface area contributed by atoms with Gasteiger partial charge in [0.2, 0.25) is 11.8 Å². The van der Waals surface area contributed by atoms with Crippen molar-refractivity contribution in [1.82, 2.24) is 26.3 Å². The second-order valence-corrected chi connectivity index (χ2v) is 26.1. The van der Waals surface area contributed by atoms with Gasteiger partial charge in [-0.05, 0) is 94.6 Å². The number of carbonyl (C=O) groups is 6. The summed E-state index contributed by atoms with van der Waals surface area (Å²) in [6.45, 7) is 0.523. The highest BCUT2D eigenvalue weighted by Gasteiger charge is 2.53. The molecule has 0 saturated carbocycles. The van der Waals surface area contributed by atoms with Crippen LogP contribution >= 0.6 is 21.6 Å². The van der Waals surface area contributed by atoms with E-state index in [1.165, 1.54) is 35.6 Å². The molecule has 0 aromatic carbocycles. The minimum atomic E-state index is -2.14. The summed E-state index contributed by atoms with van der Waals surface area (Å²) in [6.07, 6.45) is -31.9. The lowest BCUT2D eigenvalue weighted by Gasteiger charge is -2.45. The molecule has 4 aliphatic heterocycles. The first-order valence-corrected chi connectivity index (χ1v) is 35.3. The van der Waals surface area contributed by atoms with Crippen LogP contribution in [0, 0.1) is 11.8 Å². The molecule has 35 nitrogen and oxygen atoms in total. The predicted molar refractivity (Wildman–Crippen MR) is 341 cm³/mol. The Balaban J connectivity index is 1.06. The molecule has 562 valence electrons. The van der Waals surface area contributed by atoms with Gasteiger partial charge < -0.3 is 139 Å². The van der Waals surface area contributed by atoms with Crippen molar-refractivity contribution in [2.75, 3.05) is 79.3 Å². The van der Waals surface area contributed by atoms with Crippen molar-refractivity contribution in [2.45, 2.75) is 237 Å². The third-order valence-electron chi connectivity index (χ3n) is 16.3. The van der Waals surface area contributed by atoms with Gasteiger partial charge in [0, 0.05) is 52.1 Å². The van der Waals surface area contributed by atoms with Crippen molar-refractivity contribution in [3.8, 4) is 11.8 Å². The number of nitrogens with zero attached hydrogens (tertiary/aromatic N) is 1. The number of aromatic nitrogens is 1. The van der Waals surface area contributed by atoms with Crippen LogP contribution in [0.5, 0.6) is 0 Å². The van der Waals surface area contributed by atoms with E-state index in [9.17, 15) is 79.8 Å². The van der Waals surface area contributed by atoms with Gasteiger partial charge in [-0.15, -0.1) is 5.92 Å². The zero-order chi connectivity index (χ0) is 72.0. The molecule has 99 heavy (non-hydrogen) atoms. The van der Waals surface area contributed by atoms with Crippen LogP contribution in [0.3, 0.4) is 0 Å². The molecule has 1 aliphatic carbocycles. The summed E-state index contributed by atoms with van der Waals surface area (Å²) in [5.74, 6) is 4.38. The first kappa shape index (κ1) is 83.0. The predicted octanol–water partition coefficient (Wildman–Crippen LogP) is -2.96. The maximum atomic E-state index is 13.7. The van der Waals surface area contributed by atoms with Crippen LogP contribution in [-0.4, -0.2) is 312 Å². The molecule has 14 N–H and O–H groups in total. The van der Waals surface area contributed by atoms with Crippen LogP contribution in [0.25, 0.3) is 0 Å². The Morgan fingerprint density at radius 3 is 1.58 bits per heavy atom. The van der Waals surface area contributed by atoms with Crippen LogP contribution < -0.4 is 21.3 Å². The van der Waals surface area contributed by atoms with Crippen LogP contribution in [0.1, 0.15) is 90.9 Å². The van der Waals surface area contributed by atoms with E-state index in [-0.39, 0.29) is 83.1 Å². The largest absolute Gasteiger partial charge is 0.464 e. The molecule has 1 aromatic heterocycles. The van der Waals surface area contributed by atoms with Crippen molar-refractivity contribution in [2.24, 2.45) is 0 Å². The summed E-state index contributed by atoms with van der Waals surface area (Å²) in [7, 11) is 5.34. The quantitative estimate of drug-likeness (QED) is 0.0103. The number of hydrogen-bond acceptors (Lipinski definition) is 33. The summed E-state index contributed by atoms with van der Waals surface area (Å²) in [4.78, 5) is 82.5. The van der Waals surface area contributed by atoms with E-state index >= 15 is 0 Å². The van der Waals surface area contributed by atoms with E-state index in [4.69, 9.17) is 66.3 Å². The van der Waals surface area contributed by atoms with Gasteiger partial charge in [0.1, 0.15) is 115 Å². The molecule has 4 amide bonds. The van der Waals surface area contributed by atoms with Gasteiger partial charge in [0.05, 0.1) is 39.6 Å². The van der Waals surface area contributed by atoms with Crippen molar-refractivity contribution in [1.29, 1.82) is 0 Å². The van der Waals surface area contributed by atoms with Crippen molar-refractivity contribution in [3.05, 3.63) is 24.4 Å². The number of alkyl carbamates (subject to hydrolysis) is 2. The fraction of sp³-hybridized carbons (Fsp3) is 0.790. The topological polar surface area (TPSA) is 495 Å². The number of amides is 4. The van der Waals surface area contributed by atoms with Gasteiger partial charge in [-0.2, -0.15) is 0 Å². The first-order valence-electron chi connectivity index (χ1n) is 33.0. The summed E-state index contributed by atoms with van der Waals surface area (Å²) in [5.41, 5.74) is 0. The van der Waals surface area contributed by atoms with Crippen LogP contribution in [0.15, 0.2) is 29.4 Å². The molecule has 5 heterocycles. The van der Waals surface area contributed by atoms with E-state index < -0.39 is 179 Å². The zero-order valence-corrected chi connectivity index (χ0v) is 57.2. The highest BCUT2D eigenvalue weighted by atomic mass is 33.1. The lowest BCUT2D eigenvalue weighted by molar-refractivity contribution is -0.347. The molecular weight excluding hydrogens is 1360 g/mol. The molecule has 4 fully saturated rings. The molecule has 1 aromatic rings. The zero-order valence-electron chi connectivity index (χ0n) is 55.5. The van der Waals surface area contributed by atoms with E-state index in [1.54, 1.807) is 19.2 Å². The number of unbranched alkanes of at least 4 members (excludes halogenated alkanes) is 2. The second-order valence-electron chi connectivity index (χ2n) is 23.6. The standard InChI is InChI=1S/C62H97N5O30S2/c1-5-86-55(80)34(20-12-15-24-63-40(68)23-27-98-99-42-22-14-17-26-65-42)66-61(82)96-53-45(72)38(92-57(85-4)51(53)78)30-89-59-50(77)48(75)44(71)37(94-59)29-91-60-52(79)54(46(73)39(95-60)31-90-58-49(76)47(74)43(70)36(93-58)28-84-3)97-62(83)67-35(56(81)87-6-2)21-13-16-25-64-41(69)32-88-33-18-10-8-7-9-11-19-33/h14,17,22,26,33-39,43-54,57-60,70-79H,5-10,12-13,15-16,18,20-21,23-25,27-32H2,1-4H3,(H,63,68)(H,64,69)(H,66,82)(H,67,83)/t33?,34-,35-,36?,37?,38?,39?,43+,44+,45+,46+,47-,48-,49?,50?,51?,52?,53-,54-,57-,58+,59+,60-/m0/s1. The minimum absolute atomic E-state index is 0.0348. The molecule has 23 atom stereocenters. The van der Waals surface area contributed by atoms with Crippen LogP contribution in [-0.2, 0) is 85.5 Å². The van der Waals surface area contributed by atoms with Gasteiger partial charge in [-0.3, -0.25) is 9.59 Å². The molecule has 0 spiro atoms. The Morgan fingerprint density at radius 1 is 0.576 bits per heavy atom. The maximum Gasteiger partial charge on any atom is 0.408 e. The van der Waals surface area contributed by atoms with Crippen LogP contribution in [0.4, 0.5) is 9.59 Å².